The number of benzene rings is 1. The van der Waals surface area contributed by atoms with E-state index < -0.39 is 17.0 Å². The summed E-state index contributed by atoms with van der Waals surface area (Å²) in [5.41, 5.74) is 6.26. The Hall–Kier alpha value is -1.24. The molecule has 2 aliphatic rings. The molecule has 2 N–H and O–H groups in total. The number of carbonyl (C=O) groups excluding carboxylic acids is 1. The van der Waals surface area contributed by atoms with Crippen LogP contribution in [0.4, 0.5) is 0 Å². The largest absolute Gasteiger partial charge is 0.341 e. The number of carbonyl (C=O) groups is 1. The van der Waals surface area contributed by atoms with Gasteiger partial charge in [-0.3, -0.25) is 4.79 Å². The zero-order valence-corrected chi connectivity index (χ0v) is 15.1. The SMILES string of the molecule is CN(C(=O)C(N)C1CCN(S(=O)c2ccccc2)CC1)C1CCC1. The van der Waals surface area contributed by atoms with Gasteiger partial charge in [0.1, 0.15) is 11.0 Å². The molecule has 2 atom stereocenters. The highest BCUT2D eigenvalue weighted by Gasteiger charge is 2.34. The Morgan fingerprint density at radius 3 is 2.38 bits per heavy atom. The van der Waals surface area contributed by atoms with Crippen molar-refractivity contribution in [2.24, 2.45) is 11.7 Å². The van der Waals surface area contributed by atoms with Crippen LogP contribution in [0.25, 0.3) is 0 Å². The minimum atomic E-state index is -1.12. The molecule has 0 aromatic heterocycles. The second-order valence-corrected chi connectivity index (χ2v) is 8.37. The normalized spacial score (nSPS) is 22.6. The second kappa shape index (κ2) is 7.76. The summed E-state index contributed by atoms with van der Waals surface area (Å²) in [6, 6.07) is 9.49. The number of amides is 1. The van der Waals surface area contributed by atoms with Crippen molar-refractivity contribution >= 4 is 16.9 Å². The molecule has 1 amide bonds. The fraction of sp³-hybridized carbons (Fsp3) is 0.611. The number of rotatable bonds is 5. The molecular formula is C18H27N3O2S. The summed E-state index contributed by atoms with van der Waals surface area (Å²) in [6.45, 7) is 1.45. The first kappa shape index (κ1) is 17.6. The number of likely N-dealkylation sites (N-methyl/N-ethyl adjacent to an activating group) is 1. The maximum atomic E-state index is 12.6. The van der Waals surface area contributed by atoms with Gasteiger partial charge in [-0.15, -0.1) is 0 Å². The molecule has 1 aliphatic carbocycles. The van der Waals surface area contributed by atoms with E-state index in [4.69, 9.17) is 5.73 Å². The van der Waals surface area contributed by atoms with Crippen LogP contribution in [0.5, 0.6) is 0 Å². The molecule has 0 radical (unpaired) electrons. The summed E-state index contributed by atoms with van der Waals surface area (Å²) in [6.07, 6.45) is 5.06. The summed E-state index contributed by atoms with van der Waals surface area (Å²) in [4.78, 5) is 15.2. The highest BCUT2D eigenvalue weighted by atomic mass is 32.2. The van der Waals surface area contributed by atoms with Crippen LogP contribution in [0.2, 0.25) is 0 Å². The first-order valence-corrected chi connectivity index (χ1v) is 9.92. The van der Waals surface area contributed by atoms with E-state index in [1.54, 1.807) is 0 Å². The Morgan fingerprint density at radius 1 is 1.21 bits per heavy atom. The van der Waals surface area contributed by atoms with Gasteiger partial charge in [0.15, 0.2) is 0 Å². The van der Waals surface area contributed by atoms with Crippen molar-refractivity contribution in [1.29, 1.82) is 0 Å². The van der Waals surface area contributed by atoms with E-state index in [1.807, 2.05) is 46.6 Å². The van der Waals surface area contributed by atoms with Crippen molar-refractivity contribution < 1.29 is 9.00 Å². The van der Waals surface area contributed by atoms with Gasteiger partial charge in [0, 0.05) is 26.2 Å². The lowest BCUT2D eigenvalue weighted by Crippen LogP contribution is -2.53. The number of hydrogen-bond acceptors (Lipinski definition) is 3. The number of piperidine rings is 1. The molecule has 1 aliphatic heterocycles. The number of hydrogen-bond donors (Lipinski definition) is 1. The molecule has 1 heterocycles. The molecule has 24 heavy (non-hydrogen) atoms. The summed E-state index contributed by atoms with van der Waals surface area (Å²) in [5.74, 6) is 0.256. The summed E-state index contributed by atoms with van der Waals surface area (Å²) >= 11 is 0. The first-order chi connectivity index (χ1) is 11.6. The molecule has 0 bridgehead atoms. The van der Waals surface area contributed by atoms with Gasteiger partial charge in [-0.05, 0) is 50.2 Å². The Labute approximate surface area is 146 Å². The third-order valence-electron chi connectivity index (χ3n) is 5.44. The molecule has 1 aromatic carbocycles. The van der Waals surface area contributed by atoms with Crippen molar-refractivity contribution in [3.05, 3.63) is 30.3 Å². The fourth-order valence-corrected chi connectivity index (χ4v) is 4.71. The average Bonchev–Trinajstić information content (AvgIpc) is 2.59. The van der Waals surface area contributed by atoms with Crippen LogP contribution >= 0.6 is 0 Å². The van der Waals surface area contributed by atoms with Crippen LogP contribution in [0.15, 0.2) is 35.2 Å². The van der Waals surface area contributed by atoms with Crippen LogP contribution in [-0.2, 0) is 15.8 Å². The van der Waals surface area contributed by atoms with Gasteiger partial charge in [0.05, 0.1) is 10.9 Å². The molecule has 3 rings (SSSR count). The van der Waals surface area contributed by atoms with E-state index in [1.165, 1.54) is 6.42 Å². The van der Waals surface area contributed by atoms with Crippen molar-refractivity contribution in [3.8, 4) is 0 Å². The van der Waals surface area contributed by atoms with Gasteiger partial charge in [-0.25, -0.2) is 8.51 Å². The smallest absolute Gasteiger partial charge is 0.239 e. The van der Waals surface area contributed by atoms with E-state index in [0.717, 1.165) is 43.7 Å². The van der Waals surface area contributed by atoms with Crippen LogP contribution < -0.4 is 5.73 Å². The molecule has 1 aromatic rings. The molecule has 6 heteroatoms. The first-order valence-electron chi connectivity index (χ1n) is 8.82. The highest BCUT2D eigenvalue weighted by Crippen LogP contribution is 2.27. The lowest BCUT2D eigenvalue weighted by Gasteiger charge is -2.39. The molecular weight excluding hydrogens is 322 g/mol. The van der Waals surface area contributed by atoms with Gasteiger partial charge >= 0.3 is 0 Å². The van der Waals surface area contributed by atoms with Gasteiger partial charge < -0.3 is 10.6 Å². The zero-order chi connectivity index (χ0) is 17.1. The van der Waals surface area contributed by atoms with Crippen molar-refractivity contribution in [2.45, 2.75) is 49.1 Å². The van der Waals surface area contributed by atoms with Gasteiger partial charge in [0.2, 0.25) is 5.91 Å². The predicted molar refractivity (Wildman–Crippen MR) is 95.5 cm³/mol. The third-order valence-corrected chi connectivity index (χ3v) is 6.95. The quantitative estimate of drug-likeness (QED) is 0.881. The van der Waals surface area contributed by atoms with Crippen molar-refractivity contribution in [3.63, 3.8) is 0 Å². The minimum absolute atomic E-state index is 0.0716. The zero-order valence-electron chi connectivity index (χ0n) is 14.3. The van der Waals surface area contributed by atoms with Gasteiger partial charge in [0.25, 0.3) is 0 Å². The summed E-state index contributed by atoms with van der Waals surface area (Å²) < 4.78 is 14.6. The van der Waals surface area contributed by atoms with Crippen molar-refractivity contribution in [2.75, 3.05) is 20.1 Å². The third kappa shape index (κ3) is 3.71. The molecule has 1 saturated heterocycles. The lowest BCUT2D eigenvalue weighted by atomic mass is 9.87. The summed E-state index contributed by atoms with van der Waals surface area (Å²) in [7, 11) is 0.761. The Kier molecular flexibility index (Phi) is 5.69. The molecule has 132 valence electrons. The Balaban J connectivity index is 1.52. The fourth-order valence-electron chi connectivity index (χ4n) is 3.48. The molecule has 2 unspecified atom stereocenters. The van der Waals surface area contributed by atoms with Crippen LogP contribution in [0, 0.1) is 5.92 Å². The van der Waals surface area contributed by atoms with E-state index in [0.29, 0.717) is 6.04 Å². The maximum Gasteiger partial charge on any atom is 0.239 e. The van der Waals surface area contributed by atoms with E-state index >= 15 is 0 Å². The predicted octanol–water partition coefficient (Wildman–Crippen LogP) is 1.76. The molecule has 2 fully saturated rings. The lowest BCUT2D eigenvalue weighted by molar-refractivity contribution is -0.136. The van der Waals surface area contributed by atoms with E-state index in [2.05, 4.69) is 0 Å². The molecule has 0 spiro atoms. The van der Waals surface area contributed by atoms with Crippen LogP contribution in [0.1, 0.15) is 32.1 Å². The van der Waals surface area contributed by atoms with Gasteiger partial charge in [-0.2, -0.15) is 0 Å². The van der Waals surface area contributed by atoms with Gasteiger partial charge in [-0.1, -0.05) is 18.2 Å². The maximum absolute atomic E-state index is 12.6. The standard InChI is InChI=1S/C18H27N3O2S/c1-20(15-6-5-7-15)18(22)17(19)14-10-12-21(13-11-14)24(23)16-8-3-2-4-9-16/h2-4,8-9,14-15,17H,5-7,10-13,19H2,1H3. The van der Waals surface area contributed by atoms with E-state index in [-0.39, 0.29) is 11.8 Å². The Bertz CT molecular complexity index is 583. The molecule has 1 saturated carbocycles. The topological polar surface area (TPSA) is 66.6 Å². The number of nitrogens with two attached hydrogens (primary N) is 1. The Morgan fingerprint density at radius 2 is 1.83 bits per heavy atom. The average molecular weight is 350 g/mol. The monoisotopic (exact) mass is 349 g/mol. The molecule has 5 nitrogen and oxygen atoms in total. The highest BCUT2D eigenvalue weighted by molar-refractivity contribution is 7.82. The van der Waals surface area contributed by atoms with Crippen LogP contribution in [-0.4, -0.2) is 51.5 Å². The minimum Gasteiger partial charge on any atom is -0.341 e. The second-order valence-electron chi connectivity index (χ2n) is 6.89. The summed E-state index contributed by atoms with van der Waals surface area (Å²) in [5, 5.41) is 0. The van der Waals surface area contributed by atoms with E-state index in [9.17, 15) is 9.00 Å². The van der Waals surface area contributed by atoms with Crippen LogP contribution in [0.3, 0.4) is 0 Å². The van der Waals surface area contributed by atoms with Crippen molar-refractivity contribution in [1.82, 2.24) is 9.21 Å². The number of nitrogens with zero attached hydrogens (tertiary/aromatic N) is 2.